The Balaban J connectivity index is 1.61. The normalized spacial score (nSPS) is 20.8. The van der Waals surface area contributed by atoms with Crippen LogP contribution in [-0.4, -0.2) is 41.4 Å². The molecule has 12 heteroatoms. The molecule has 0 saturated carbocycles. The van der Waals surface area contributed by atoms with Crippen molar-refractivity contribution < 1.29 is 27.6 Å². The van der Waals surface area contributed by atoms with E-state index in [4.69, 9.17) is 9.39 Å². The second-order valence-corrected chi connectivity index (χ2v) is 7.46. The van der Waals surface area contributed by atoms with Crippen molar-refractivity contribution in [1.29, 1.82) is 5.26 Å². The lowest BCUT2D eigenvalue weighted by Gasteiger charge is -2.28. The molecular weight excluding hydrogens is 414 g/mol. The van der Waals surface area contributed by atoms with E-state index in [9.17, 15) is 23.5 Å². The molecule has 1 fully saturated rings. The average Bonchev–Trinajstić information content (AvgIpc) is 3.10. The van der Waals surface area contributed by atoms with Crippen molar-refractivity contribution in [3.63, 3.8) is 0 Å². The number of anilines is 3. The summed E-state index contributed by atoms with van der Waals surface area (Å²) in [5, 5.41) is 25.1. The molecule has 1 aromatic heterocycles. The van der Waals surface area contributed by atoms with E-state index in [1.165, 1.54) is 12.3 Å². The Labute approximate surface area is 176 Å². The number of ether oxygens (including phenoxy) is 1. The van der Waals surface area contributed by atoms with E-state index in [1.807, 2.05) is 0 Å². The van der Waals surface area contributed by atoms with Gasteiger partial charge in [0.2, 0.25) is 5.95 Å². The maximum absolute atomic E-state index is 13.5. The molecule has 162 valence electrons. The van der Waals surface area contributed by atoms with E-state index in [-0.39, 0.29) is 41.2 Å². The molecule has 31 heavy (non-hydrogen) atoms. The van der Waals surface area contributed by atoms with Gasteiger partial charge >= 0.3 is 13.3 Å². The predicted molar refractivity (Wildman–Crippen MR) is 106 cm³/mol. The number of aryl methyl sites for hydroxylation is 1. The molecule has 0 spiro atoms. The SMILES string of the molecule is Cc1cnc(Nc2cc3c(c(C(F)(F)F)c2)B(O)OC3)nc1N[C@H]1COCC[C@@H]1C#N. The summed E-state index contributed by atoms with van der Waals surface area (Å²) >= 11 is 0. The van der Waals surface area contributed by atoms with Crippen LogP contribution in [0.4, 0.5) is 30.6 Å². The number of nitrogens with zero attached hydrogens (tertiary/aromatic N) is 3. The Bertz CT molecular complexity index is 1030. The van der Waals surface area contributed by atoms with Crippen LogP contribution in [0.25, 0.3) is 0 Å². The summed E-state index contributed by atoms with van der Waals surface area (Å²) in [6.45, 7) is 2.53. The molecule has 1 aromatic carbocycles. The first-order valence-electron chi connectivity index (χ1n) is 9.64. The largest absolute Gasteiger partial charge is 0.492 e. The van der Waals surface area contributed by atoms with Gasteiger partial charge < -0.3 is 25.0 Å². The maximum atomic E-state index is 13.5. The smallest absolute Gasteiger partial charge is 0.423 e. The molecule has 0 aliphatic carbocycles. The van der Waals surface area contributed by atoms with Crippen LogP contribution < -0.4 is 16.1 Å². The van der Waals surface area contributed by atoms with Crippen molar-refractivity contribution in [3.05, 3.63) is 35.0 Å². The topological polar surface area (TPSA) is 112 Å². The van der Waals surface area contributed by atoms with Gasteiger partial charge in [0.25, 0.3) is 0 Å². The molecule has 2 atom stereocenters. The van der Waals surface area contributed by atoms with Crippen LogP contribution in [0.5, 0.6) is 0 Å². The Hall–Kier alpha value is -2.88. The zero-order valence-corrected chi connectivity index (χ0v) is 16.5. The van der Waals surface area contributed by atoms with Gasteiger partial charge in [-0.05, 0) is 31.0 Å². The lowest BCUT2D eigenvalue weighted by molar-refractivity contribution is -0.136. The molecule has 3 heterocycles. The van der Waals surface area contributed by atoms with Crippen molar-refractivity contribution in [2.45, 2.75) is 32.2 Å². The molecule has 0 amide bonds. The number of fused-ring (bicyclic) bond motifs is 1. The molecule has 2 aliphatic rings. The number of nitriles is 1. The fourth-order valence-corrected chi connectivity index (χ4v) is 3.67. The number of hydrogen-bond acceptors (Lipinski definition) is 8. The Kier molecular flexibility index (Phi) is 5.74. The third-order valence-corrected chi connectivity index (χ3v) is 5.29. The fourth-order valence-electron chi connectivity index (χ4n) is 3.67. The Morgan fingerprint density at radius 2 is 2.16 bits per heavy atom. The number of alkyl halides is 3. The number of rotatable bonds is 4. The first kappa shape index (κ1) is 21.4. The van der Waals surface area contributed by atoms with E-state index in [1.54, 1.807) is 6.92 Å². The minimum atomic E-state index is -4.66. The van der Waals surface area contributed by atoms with Gasteiger partial charge in [-0.1, -0.05) is 0 Å². The van der Waals surface area contributed by atoms with Gasteiger partial charge in [-0.15, -0.1) is 0 Å². The van der Waals surface area contributed by atoms with Gasteiger partial charge in [0, 0.05) is 29.5 Å². The van der Waals surface area contributed by atoms with Gasteiger partial charge in [0.1, 0.15) is 5.82 Å². The van der Waals surface area contributed by atoms with Crippen molar-refractivity contribution in [2.75, 3.05) is 23.8 Å². The van der Waals surface area contributed by atoms with Gasteiger partial charge in [0.05, 0.1) is 36.8 Å². The minimum absolute atomic E-state index is 0.0888. The average molecular weight is 433 g/mol. The molecule has 0 radical (unpaired) electrons. The Morgan fingerprint density at radius 3 is 2.90 bits per heavy atom. The van der Waals surface area contributed by atoms with E-state index in [0.717, 1.165) is 6.07 Å². The van der Waals surface area contributed by atoms with Crippen molar-refractivity contribution in [3.8, 4) is 6.07 Å². The highest BCUT2D eigenvalue weighted by Crippen LogP contribution is 2.33. The summed E-state index contributed by atoms with van der Waals surface area (Å²) in [6.07, 6.45) is -2.52. The summed E-state index contributed by atoms with van der Waals surface area (Å²) in [7, 11) is -1.61. The van der Waals surface area contributed by atoms with Crippen molar-refractivity contribution in [2.24, 2.45) is 5.92 Å². The monoisotopic (exact) mass is 433 g/mol. The van der Waals surface area contributed by atoms with Crippen LogP contribution in [0.1, 0.15) is 23.1 Å². The zero-order chi connectivity index (χ0) is 22.2. The van der Waals surface area contributed by atoms with E-state index >= 15 is 0 Å². The lowest BCUT2D eigenvalue weighted by Crippen LogP contribution is -2.38. The molecule has 3 N–H and O–H groups in total. The molecule has 1 saturated heterocycles. The van der Waals surface area contributed by atoms with E-state index in [0.29, 0.717) is 31.0 Å². The van der Waals surface area contributed by atoms with E-state index < -0.39 is 18.9 Å². The van der Waals surface area contributed by atoms with Crippen LogP contribution in [0.3, 0.4) is 0 Å². The highest BCUT2D eigenvalue weighted by molar-refractivity contribution is 6.62. The van der Waals surface area contributed by atoms with Gasteiger partial charge in [-0.3, -0.25) is 0 Å². The Morgan fingerprint density at radius 1 is 1.35 bits per heavy atom. The second-order valence-electron chi connectivity index (χ2n) is 7.46. The predicted octanol–water partition coefficient (Wildman–Crippen LogP) is 2.11. The lowest BCUT2D eigenvalue weighted by atomic mass is 9.75. The molecule has 4 rings (SSSR count). The van der Waals surface area contributed by atoms with Gasteiger partial charge in [-0.25, -0.2) is 4.98 Å². The molecular formula is C19H19BF3N5O3. The molecule has 2 aliphatic heterocycles. The second kappa shape index (κ2) is 8.34. The van der Waals surface area contributed by atoms with Crippen molar-refractivity contribution >= 4 is 30.0 Å². The number of aromatic nitrogens is 2. The summed E-state index contributed by atoms with van der Waals surface area (Å²) in [5.41, 5.74) is -0.167. The summed E-state index contributed by atoms with van der Waals surface area (Å²) in [6, 6.07) is 4.37. The first-order chi connectivity index (χ1) is 14.8. The molecule has 8 nitrogen and oxygen atoms in total. The quantitative estimate of drug-likeness (QED) is 0.629. The zero-order valence-electron chi connectivity index (χ0n) is 16.5. The first-order valence-corrected chi connectivity index (χ1v) is 9.64. The van der Waals surface area contributed by atoms with Gasteiger partial charge in [0.15, 0.2) is 0 Å². The van der Waals surface area contributed by atoms with Gasteiger partial charge in [-0.2, -0.15) is 23.4 Å². The van der Waals surface area contributed by atoms with Crippen molar-refractivity contribution in [1.82, 2.24) is 9.97 Å². The molecule has 0 bridgehead atoms. The molecule has 2 aromatic rings. The van der Waals surface area contributed by atoms with Crippen LogP contribution in [0.15, 0.2) is 18.3 Å². The summed E-state index contributed by atoms with van der Waals surface area (Å²) < 4.78 is 50.9. The van der Waals surface area contributed by atoms with Crippen LogP contribution in [0, 0.1) is 24.2 Å². The maximum Gasteiger partial charge on any atom is 0.492 e. The minimum Gasteiger partial charge on any atom is -0.423 e. The number of hydrogen-bond donors (Lipinski definition) is 3. The van der Waals surface area contributed by atoms with Crippen LogP contribution >= 0.6 is 0 Å². The standard InChI is InChI=1S/C19H19BF3N5O3/c1-10-7-25-18(28-17(10)27-15-9-30-3-2-11(15)6-24)26-13-4-12-8-31-20(29)16(12)14(5-13)19(21,22)23/h4-5,7,11,15,29H,2-3,8-9H2,1H3,(H2,25,26,27,28)/t11-,15+/m1/s1. The number of nitrogens with one attached hydrogen (secondary N) is 2. The fraction of sp³-hybridized carbons (Fsp3) is 0.421. The highest BCUT2D eigenvalue weighted by Gasteiger charge is 2.41. The van der Waals surface area contributed by atoms with Crippen LogP contribution in [-0.2, 0) is 22.2 Å². The highest BCUT2D eigenvalue weighted by atomic mass is 19.4. The van der Waals surface area contributed by atoms with E-state index in [2.05, 4.69) is 26.7 Å². The van der Waals surface area contributed by atoms with Crippen LogP contribution in [0.2, 0.25) is 0 Å². The molecule has 0 unspecified atom stereocenters. The number of benzene rings is 1. The third-order valence-electron chi connectivity index (χ3n) is 5.29. The number of halogens is 3. The third kappa shape index (κ3) is 4.44. The summed E-state index contributed by atoms with van der Waals surface area (Å²) in [4.78, 5) is 8.52. The summed E-state index contributed by atoms with van der Waals surface area (Å²) in [5.74, 6) is 0.312.